The van der Waals surface area contributed by atoms with E-state index < -0.39 is 0 Å². The van der Waals surface area contributed by atoms with Crippen LogP contribution in [0.25, 0.3) is 22.4 Å². The van der Waals surface area contributed by atoms with Gasteiger partial charge >= 0.3 is 0 Å². The molecule has 1 aromatic heterocycles. The molecule has 4 rings (SSSR count). The number of nitrogens with one attached hydrogen (secondary N) is 1. The molecule has 0 spiro atoms. The Kier molecular flexibility index (Phi) is 5.19. The quantitative estimate of drug-likeness (QED) is 0.474. The second-order valence-corrected chi connectivity index (χ2v) is 7.28. The third-order valence-corrected chi connectivity index (χ3v) is 5.38. The predicted molar refractivity (Wildman–Crippen MR) is 118 cm³/mol. The fraction of sp³-hybridized carbons (Fsp3) is 0.120. The van der Waals surface area contributed by atoms with Crippen LogP contribution in [0.3, 0.4) is 0 Å². The largest absolute Gasteiger partial charge is 0.307 e. The molecule has 5 heteroatoms. The van der Waals surface area contributed by atoms with Gasteiger partial charge in [-0.15, -0.1) is 0 Å². The van der Waals surface area contributed by atoms with Crippen LogP contribution in [0.2, 0.25) is 0 Å². The summed E-state index contributed by atoms with van der Waals surface area (Å²) in [6.45, 7) is 4.20. The number of hydrogen-bond donors (Lipinski definition) is 1. The summed E-state index contributed by atoms with van der Waals surface area (Å²) in [5.74, 6) is -0.112. The van der Waals surface area contributed by atoms with Gasteiger partial charge in [-0.05, 0) is 60.4 Å². The first-order valence-electron chi connectivity index (χ1n) is 9.71. The maximum atomic E-state index is 13.1. The molecule has 150 valence electrons. The first-order chi connectivity index (χ1) is 14.4. The van der Waals surface area contributed by atoms with E-state index in [1.54, 1.807) is 11.7 Å². The molecular weight excluding hydrogens is 377 g/mol. The van der Waals surface area contributed by atoms with Crippen molar-refractivity contribution in [3.05, 3.63) is 95.3 Å². The first-order valence-corrected chi connectivity index (χ1v) is 9.71. The molecule has 0 saturated heterocycles. The van der Waals surface area contributed by atoms with Crippen molar-refractivity contribution >= 4 is 11.7 Å². The lowest BCUT2D eigenvalue weighted by Crippen LogP contribution is -2.14. The Morgan fingerprint density at radius 1 is 0.900 bits per heavy atom. The third-order valence-electron chi connectivity index (χ3n) is 5.38. The van der Waals surface area contributed by atoms with E-state index in [9.17, 15) is 9.18 Å². The number of benzene rings is 3. The standard InChI is InChI=1S/C25H22FN3O/c1-16-17(2)22(14-13-21(16)18-7-5-4-6-8-18)23-15-24(29(3)28-23)27-25(30)19-9-11-20(26)12-10-19/h4-15H,1-3H3,(H,27,30). The highest BCUT2D eigenvalue weighted by Crippen LogP contribution is 2.33. The molecule has 3 aromatic carbocycles. The maximum absolute atomic E-state index is 13.1. The SMILES string of the molecule is Cc1c(-c2ccccc2)ccc(-c2cc(NC(=O)c3ccc(F)cc3)n(C)n2)c1C. The maximum Gasteiger partial charge on any atom is 0.256 e. The van der Waals surface area contributed by atoms with Gasteiger partial charge in [-0.25, -0.2) is 4.39 Å². The topological polar surface area (TPSA) is 46.9 Å². The summed E-state index contributed by atoms with van der Waals surface area (Å²) in [6.07, 6.45) is 0. The number of nitrogens with zero attached hydrogens (tertiary/aromatic N) is 2. The van der Waals surface area contributed by atoms with Crippen molar-refractivity contribution in [3.8, 4) is 22.4 Å². The number of hydrogen-bond acceptors (Lipinski definition) is 2. The average Bonchev–Trinajstić information content (AvgIpc) is 3.11. The minimum Gasteiger partial charge on any atom is -0.307 e. The van der Waals surface area contributed by atoms with Gasteiger partial charge in [0.2, 0.25) is 0 Å². The molecule has 0 saturated carbocycles. The smallest absolute Gasteiger partial charge is 0.256 e. The normalized spacial score (nSPS) is 10.8. The fourth-order valence-electron chi connectivity index (χ4n) is 3.53. The van der Waals surface area contributed by atoms with Crippen LogP contribution in [0.5, 0.6) is 0 Å². The van der Waals surface area contributed by atoms with Crippen molar-refractivity contribution in [1.82, 2.24) is 9.78 Å². The number of aryl methyl sites for hydroxylation is 1. The average molecular weight is 399 g/mol. The summed E-state index contributed by atoms with van der Waals surface area (Å²) in [5.41, 5.74) is 6.90. The first kappa shape index (κ1) is 19.6. The van der Waals surface area contributed by atoms with Crippen LogP contribution in [-0.2, 0) is 7.05 Å². The van der Waals surface area contributed by atoms with Crippen molar-refractivity contribution < 1.29 is 9.18 Å². The fourth-order valence-corrected chi connectivity index (χ4v) is 3.53. The number of amides is 1. The van der Waals surface area contributed by atoms with Crippen LogP contribution in [0, 0.1) is 19.7 Å². The second kappa shape index (κ2) is 7.95. The molecule has 0 atom stereocenters. The van der Waals surface area contributed by atoms with E-state index in [1.807, 2.05) is 24.3 Å². The van der Waals surface area contributed by atoms with Gasteiger partial charge in [-0.2, -0.15) is 5.10 Å². The zero-order valence-corrected chi connectivity index (χ0v) is 17.1. The zero-order chi connectivity index (χ0) is 21.3. The monoisotopic (exact) mass is 399 g/mol. The van der Waals surface area contributed by atoms with Crippen molar-refractivity contribution in [1.29, 1.82) is 0 Å². The van der Waals surface area contributed by atoms with E-state index in [0.29, 0.717) is 11.4 Å². The molecule has 0 unspecified atom stereocenters. The molecule has 0 fully saturated rings. The van der Waals surface area contributed by atoms with Crippen LogP contribution in [0.15, 0.2) is 72.8 Å². The lowest BCUT2D eigenvalue weighted by Gasteiger charge is -2.12. The van der Waals surface area contributed by atoms with Gasteiger partial charge in [-0.3, -0.25) is 9.48 Å². The molecule has 0 aliphatic heterocycles. The molecule has 0 bridgehead atoms. The van der Waals surface area contributed by atoms with Gasteiger partial charge in [0, 0.05) is 24.2 Å². The predicted octanol–water partition coefficient (Wildman–Crippen LogP) is 5.76. The molecule has 30 heavy (non-hydrogen) atoms. The highest BCUT2D eigenvalue weighted by Gasteiger charge is 2.15. The van der Waals surface area contributed by atoms with Gasteiger partial charge in [-0.1, -0.05) is 42.5 Å². The summed E-state index contributed by atoms with van der Waals surface area (Å²) in [6, 6.07) is 21.8. The highest BCUT2D eigenvalue weighted by atomic mass is 19.1. The van der Waals surface area contributed by atoms with E-state index in [-0.39, 0.29) is 11.7 Å². The number of rotatable bonds is 4. The van der Waals surface area contributed by atoms with Gasteiger partial charge in [0.25, 0.3) is 5.91 Å². The molecule has 0 radical (unpaired) electrons. The second-order valence-electron chi connectivity index (χ2n) is 7.28. The summed E-state index contributed by atoms with van der Waals surface area (Å²) in [4.78, 5) is 12.5. The Morgan fingerprint density at radius 2 is 1.53 bits per heavy atom. The van der Waals surface area contributed by atoms with Gasteiger partial charge in [0.05, 0.1) is 5.69 Å². The van der Waals surface area contributed by atoms with Gasteiger partial charge in [0.1, 0.15) is 11.6 Å². The molecule has 0 aliphatic rings. The lowest BCUT2D eigenvalue weighted by atomic mass is 9.92. The Hall–Kier alpha value is -3.73. The van der Waals surface area contributed by atoms with Crippen LogP contribution >= 0.6 is 0 Å². The molecule has 0 aliphatic carbocycles. The summed E-state index contributed by atoms with van der Waals surface area (Å²) < 4.78 is 14.7. The third kappa shape index (κ3) is 3.74. The summed E-state index contributed by atoms with van der Waals surface area (Å²) in [7, 11) is 1.78. The zero-order valence-electron chi connectivity index (χ0n) is 17.1. The van der Waals surface area contributed by atoms with Crippen LogP contribution < -0.4 is 5.32 Å². The van der Waals surface area contributed by atoms with E-state index in [2.05, 4.69) is 48.5 Å². The molecule has 1 N–H and O–H groups in total. The Morgan fingerprint density at radius 3 is 2.23 bits per heavy atom. The minimum absolute atomic E-state index is 0.308. The Balaban J connectivity index is 1.63. The van der Waals surface area contributed by atoms with E-state index in [4.69, 9.17) is 0 Å². The van der Waals surface area contributed by atoms with Crippen LogP contribution in [0.4, 0.5) is 10.2 Å². The minimum atomic E-state index is -0.376. The van der Waals surface area contributed by atoms with Gasteiger partial charge in [0.15, 0.2) is 0 Å². The molecule has 4 aromatic rings. The van der Waals surface area contributed by atoms with Gasteiger partial charge < -0.3 is 5.32 Å². The number of halogens is 1. The Labute approximate surface area is 175 Å². The van der Waals surface area contributed by atoms with Crippen molar-refractivity contribution in [2.24, 2.45) is 7.05 Å². The highest BCUT2D eigenvalue weighted by molar-refractivity contribution is 6.04. The van der Waals surface area contributed by atoms with Crippen LogP contribution in [0.1, 0.15) is 21.5 Å². The number of carbonyl (C=O) groups excluding carboxylic acids is 1. The van der Waals surface area contributed by atoms with Crippen molar-refractivity contribution in [3.63, 3.8) is 0 Å². The molecule has 1 amide bonds. The van der Waals surface area contributed by atoms with Crippen molar-refractivity contribution in [2.75, 3.05) is 5.32 Å². The number of aromatic nitrogens is 2. The van der Waals surface area contributed by atoms with E-state index >= 15 is 0 Å². The van der Waals surface area contributed by atoms with Crippen LogP contribution in [-0.4, -0.2) is 15.7 Å². The van der Waals surface area contributed by atoms with E-state index in [1.165, 1.54) is 41.0 Å². The number of carbonyl (C=O) groups is 1. The number of anilines is 1. The Bertz CT molecular complexity index is 1210. The van der Waals surface area contributed by atoms with Crippen molar-refractivity contribution in [2.45, 2.75) is 13.8 Å². The van der Waals surface area contributed by atoms with E-state index in [0.717, 1.165) is 16.8 Å². The molecule has 4 nitrogen and oxygen atoms in total. The summed E-state index contributed by atoms with van der Waals surface area (Å²) in [5, 5.41) is 7.43. The molecular formula is C25H22FN3O. The lowest BCUT2D eigenvalue weighted by molar-refractivity contribution is 0.102. The summed E-state index contributed by atoms with van der Waals surface area (Å²) >= 11 is 0. The molecule has 1 heterocycles.